The van der Waals surface area contributed by atoms with Crippen molar-refractivity contribution in [3.05, 3.63) is 48.0 Å². The van der Waals surface area contributed by atoms with Crippen molar-refractivity contribution in [2.24, 2.45) is 4.99 Å². The second kappa shape index (κ2) is 12.3. The van der Waals surface area contributed by atoms with Crippen molar-refractivity contribution in [2.45, 2.75) is 20.4 Å². The van der Waals surface area contributed by atoms with Crippen molar-refractivity contribution in [1.82, 2.24) is 5.32 Å². The second-order valence-corrected chi connectivity index (χ2v) is 6.18. The molecule has 154 valence electrons. The highest BCUT2D eigenvalue weighted by Crippen LogP contribution is 2.30. The molecule has 0 atom stereocenters. The van der Waals surface area contributed by atoms with E-state index in [0.29, 0.717) is 18.9 Å². The van der Waals surface area contributed by atoms with Crippen LogP contribution in [0.25, 0.3) is 0 Å². The van der Waals surface area contributed by atoms with Crippen LogP contribution in [0, 0.1) is 0 Å². The lowest BCUT2D eigenvalue weighted by Gasteiger charge is -2.15. The van der Waals surface area contributed by atoms with E-state index in [1.54, 1.807) is 7.11 Å². The fourth-order valence-electron chi connectivity index (χ4n) is 2.57. The number of guanidine groups is 1. The third-order valence-corrected chi connectivity index (χ3v) is 3.92. The van der Waals surface area contributed by atoms with Gasteiger partial charge in [0.05, 0.1) is 20.3 Å². The predicted octanol–water partition coefficient (Wildman–Crippen LogP) is 4.36. The lowest BCUT2D eigenvalue weighted by Crippen LogP contribution is -2.30. The molecule has 0 bridgehead atoms. The van der Waals surface area contributed by atoms with Gasteiger partial charge in [-0.1, -0.05) is 12.1 Å². The molecule has 28 heavy (non-hydrogen) atoms. The summed E-state index contributed by atoms with van der Waals surface area (Å²) in [7, 11) is 5.71. The number of hydrogen-bond acceptors (Lipinski definition) is 4. The molecule has 0 aromatic heterocycles. The van der Waals surface area contributed by atoms with Crippen LogP contribution in [0.3, 0.4) is 0 Å². The molecule has 6 nitrogen and oxygen atoms in total. The van der Waals surface area contributed by atoms with Gasteiger partial charge in [0, 0.05) is 38.1 Å². The first-order chi connectivity index (χ1) is 13.1. The van der Waals surface area contributed by atoms with Crippen LogP contribution in [-0.4, -0.2) is 40.3 Å². The third-order valence-electron chi connectivity index (χ3n) is 3.92. The van der Waals surface area contributed by atoms with Gasteiger partial charge in [0.2, 0.25) is 0 Å². The molecule has 2 aromatic carbocycles. The topological polar surface area (TPSA) is 58.1 Å². The Morgan fingerprint density at radius 3 is 2.50 bits per heavy atom. The zero-order valence-electron chi connectivity index (χ0n) is 17.3. The fraction of sp³-hybridized carbons (Fsp3) is 0.381. The molecule has 0 aliphatic carbocycles. The Morgan fingerprint density at radius 1 is 1.07 bits per heavy atom. The Balaban J connectivity index is 0.00000392. The van der Waals surface area contributed by atoms with Crippen LogP contribution in [-0.2, 0) is 6.54 Å². The van der Waals surface area contributed by atoms with E-state index < -0.39 is 0 Å². The number of hydrogen-bond donors (Lipinski definition) is 2. The largest absolute Gasteiger partial charge is 0.493 e. The molecule has 0 spiro atoms. The van der Waals surface area contributed by atoms with Crippen LogP contribution in [0.15, 0.2) is 47.5 Å². The number of benzene rings is 2. The molecule has 0 aliphatic rings. The summed E-state index contributed by atoms with van der Waals surface area (Å²) >= 11 is 0. The number of rotatable bonds is 8. The molecule has 7 heteroatoms. The molecule has 0 unspecified atom stereocenters. The highest BCUT2D eigenvalue weighted by molar-refractivity contribution is 14.0. The van der Waals surface area contributed by atoms with Crippen molar-refractivity contribution in [1.29, 1.82) is 0 Å². The van der Waals surface area contributed by atoms with E-state index in [4.69, 9.17) is 14.5 Å². The lowest BCUT2D eigenvalue weighted by atomic mass is 10.2. The quantitative estimate of drug-likeness (QED) is 0.322. The van der Waals surface area contributed by atoms with Crippen LogP contribution in [0.2, 0.25) is 0 Å². The number of aliphatic imine (C=N–C) groups is 1. The minimum absolute atomic E-state index is 0. The highest BCUT2D eigenvalue weighted by Gasteiger charge is 2.07. The standard InChI is InChI=1S/C21H30N4O2.HI/c1-6-22-21(23-15-16-9-8-10-18(13-16)25(3)4)24-17-11-12-19(27-7-2)20(14-17)26-5;/h8-14H,6-7,15H2,1-5H3,(H2,22,23,24);1H. The van der Waals surface area contributed by atoms with Crippen molar-refractivity contribution >= 4 is 41.3 Å². The summed E-state index contributed by atoms with van der Waals surface area (Å²) in [5.74, 6) is 2.14. The van der Waals surface area contributed by atoms with Gasteiger partial charge in [-0.05, 0) is 43.7 Å². The molecule has 0 aliphatic heterocycles. The number of nitrogens with one attached hydrogen (secondary N) is 2. The molecular weight excluding hydrogens is 467 g/mol. The van der Waals surface area contributed by atoms with Gasteiger partial charge >= 0.3 is 0 Å². The summed E-state index contributed by atoms with van der Waals surface area (Å²) in [5, 5.41) is 6.60. The molecule has 0 amide bonds. The Hall–Kier alpha value is -2.16. The first-order valence-electron chi connectivity index (χ1n) is 9.19. The molecule has 0 saturated heterocycles. The molecule has 2 N–H and O–H groups in total. The van der Waals surface area contributed by atoms with Gasteiger partial charge in [0.1, 0.15) is 0 Å². The number of ether oxygens (including phenoxy) is 2. The average molecular weight is 498 g/mol. The Labute approximate surface area is 185 Å². The van der Waals surface area contributed by atoms with Gasteiger partial charge in [-0.3, -0.25) is 0 Å². The summed E-state index contributed by atoms with van der Waals surface area (Å²) in [6.07, 6.45) is 0. The number of anilines is 2. The van der Waals surface area contributed by atoms with Gasteiger partial charge in [-0.2, -0.15) is 0 Å². The third kappa shape index (κ3) is 7.10. The molecule has 0 heterocycles. The fourth-order valence-corrected chi connectivity index (χ4v) is 2.57. The van der Waals surface area contributed by atoms with Crippen molar-refractivity contribution in [3.63, 3.8) is 0 Å². The summed E-state index contributed by atoms with van der Waals surface area (Å²) in [6.45, 7) is 5.96. The zero-order valence-corrected chi connectivity index (χ0v) is 19.6. The van der Waals surface area contributed by atoms with Gasteiger partial charge in [0.15, 0.2) is 17.5 Å². The molecule has 2 rings (SSSR count). The van der Waals surface area contributed by atoms with E-state index >= 15 is 0 Å². The van der Waals surface area contributed by atoms with Crippen LogP contribution < -0.4 is 25.0 Å². The Kier molecular flexibility index (Phi) is 10.5. The van der Waals surface area contributed by atoms with Crippen LogP contribution in [0.1, 0.15) is 19.4 Å². The van der Waals surface area contributed by atoms with Crippen molar-refractivity contribution in [2.75, 3.05) is 44.6 Å². The molecule has 0 saturated carbocycles. The molecule has 0 radical (unpaired) electrons. The lowest BCUT2D eigenvalue weighted by molar-refractivity contribution is 0.311. The van der Waals surface area contributed by atoms with Crippen molar-refractivity contribution < 1.29 is 9.47 Å². The SMILES string of the molecule is CCNC(=NCc1cccc(N(C)C)c1)Nc1ccc(OCC)c(OC)c1.I. The molecular formula is C21H31IN4O2. The first-order valence-corrected chi connectivity index (χ1v) is 9.19. The Morgan fingerprint density at radius 2 is 1.86 bits per heavy atom. The van der Waals surface area contributed by atoms with E-state index in [1.165, 1.54) is 0 Å². The second-order valence-electron chi connectivity index (χ2n) is 6.18. The van der Waals surface area contributed by atoms with Gasteiger partial charge in [0.25, 0.3) is 0 Å². The normalized spacial score (nSPS) is 10.7. The minimum atomic E-state index is 0. The van der Waals surface area contributed by atoms with Gasteiger partial charge in [-0.25, -0.2) is 4.99 Å². The smallest absolute Gasteiger partial charge is 0.196 e. The monoisotopic (exact) mass is 498 g/mol. The zero-order chi connectivity index (χ0) is 19.6. The van der Waals surface area contributed by atoms with Crippen LogP contribution in [0.5, 0.6) is 11.5 Å². The van der Waals surface area contributed by atoms with Gasteiger partial charge < -0.3 is 25.0 Å². The number of halogens is 1. The predicted molar refractivity (Wildman–Crippen MR) is 129 cm³/mol. The highest BCUT2D eigenvalue weighted by atomic mass is 127. The minimum Gasteiger partial charge on any atom is -0.493 e. The summed E-state index contributed by atoms with van der Waals surface area (Å²) in [4.78, 5) is 6.78. The van der Waals surface area contributed by atoms with Crippen molar-refractivity contribution in [3.8, 4) is 11.5 Å². The van der Waals surface area contributed by atoms with E-state index in [1.807, 2.05) is 46.1 Å². The average Bonchev–Trinajstić information content (AvgIpc) is 2.67. The van der Waals surface area contributed by atoms with Gasteiger partial charge in [-0.15, -0.1) is 24.0 Å². The molecule has 2 aromatic rings. The summed E-state index contributed by atoms with van der Waals surface area (Å²) in [5.41, 5.74) is 3.21. The number of nitrogens with zero attached hydrogens (tertiary/aromatic N) is 2. The summed E-state index contributed by atoms with van der Waals surface area (Å²) < 4.78 is 11.0. The van der Waals surface area contributed by atoms with Crippen LogP contribution >= 0.6 is 24.0 Å². The maximum Gasteiger partial charge on any atom is 0.196 e. The number of methoxy groups -OCH3 is 1. The van der Waals surface area contributed by atoms with E-state index in [-0.39, 0.29) is 24.0 Å². The maximum atomic E-state index is 5.57. The summed E-state index contributed by atoms with van der Waals surface area (Å²) in [6, 6.07) is 14.1. The van der Waals surface area contributed by atoms with E-state index in [9.17, 15) is 0 Å². The van der Waals surface area contributed by atoms with Crippen LogP contribution in [0.4, 0.5) is 11.4 Å². The van der Waals surface area contributed by atoms with E-state index in [0.717, 1.165) is 35.2 Å². The van der Waals surface area contributed by atoms with E-state index in [2.05, 4.69) is 39.8 Å². The Bertz CT molecular complexity index is 766. The first kappa shape index (κ1) is 23.9. The molecule has 0 fully saturated rings. The maximum absolute atomic E-state index is 5.57.